The van der Waals surface area contributed by atoms with Gasteiger partial charge in [-0.15, -0.1) is 0 Å². The predicted molar refractivity (Wildman–Crippen MR) is 127 cm³/mol. The van der Waals surface area contributed by atoms with Gasteiger partial charge in [-0.3, -0.25) is 10.1 Å². The zero-order valence-corrected chi connectivity index (χ0v) is 19.5. The maximum Gasteiger partial charge on any atom is 0.411 e. The molecule has 2 aromatic heterocycles. The fourth-order valence-corrected chi connectivity index (χ4v) is 4.27. The summed E-state index contributed by atoms with van der Waals surface area (Å²) in [4.78, 5) is 31.6. The number of benzene rings is 1. The van der Waals surface area contributed by atoms with E-state index in [2.05, 4.69) is 24.1 Å². The minimum Gasteiger partial charge on any atom is -0.450 e. The fourth-order valence-electron chi connectivity index (χ4n) is 4.27. The van der Waals surface area contributed by atoms with Crippen LogP contribution in [0.4, 0.5) is 10.5 Å². The molecule has 1 aliphatic rings. The van der Waals surface area contributed by atoms with Crippen LogP contribution in [0.5, 0.6) is 0 Å². The van der Waals surface area contributed by atoms with Crippen molar-refractivity contribution in [3.8, 4) is 11.3 Å². The number of rotatable bonds is 5. The second-order valence-corrected chi connectivity index (χ2v) is 8.41. The van der Waals surface area contributed by atoms with Crippen LogP contribution in [0.1, 0.15) is 62.6 Å². The summed E-state index contributed by atoms with van der Waals surface area (Å²) < 4.78 is 6.72. The first kappa shape index (κ1) is 22.8. The van der Waals surface area contributed by atoms with Crippen molar-refractivity contribution in [3.05, 3.63) is 47.8 Å². The Morgan fingerprint density at radius 3 is 2.64 bits per heavy atom. The lowest BCUT2D eigenvalue weighted by Crippen LogP contribution is -2.38. The van der Waals surface area contributed by atoms with Crippen molar-refractivity contribution in [2.24, 2.45) is 0 Å². The summed E-state index contributed by atoms with van der Waals surface area (Å²) in [6.07, 6.45) is 4.66. The van der Waals surface area contributed by atoms with Crippen molar-refractivity contribution >= 4 is 23.3 Å². The zero-order chi connectivity index (χ0) is 23.4. The highest BCUT2D eigenvalue weighted by Gasteiger charge is 2.25. The molecule has 0 bridgehead atoms. The van der Waals surface area contributed by atoms with Gasteiger partial charge in [0, 0.05) is 35.6 Å². The number of nitrogens with one attached hydrogen (secondary N) is 1. The third-order valence-corrected chi connectivity index (χ3v) is 6.10. The van der Waals surface area contributed by atoms with Gasteiger partial charge in [0.05, 0.1) is 12.3 Å². The van der Waals surface area contributed by atoms with Crippen molar-refractivity contribution in [3.63, 3.8) is 0 Å². The number of amides is 2. The number of likely N-dealkylation sites (tertiary alicyclic amines) is 1. The summed E-state index contributed by atoms with van der Waals surface area (Å²) in [5, 5.41) is 7.42. The number of ether oxygens (including phenoxy) is 1. The van der Waals surface area contributed by atoms with E-state index >= 15 is 0 Å². The van der Waals surface area contributed by atoms with E-state index in [1.165, 1.54) is 6.42 Å². The van der Waals surface area contributed by atoms with E-state index in [0.717, 1.165) is 49.2 Å². The molecule has 1 aliphatic heterocycles. The predicted octanol–water partition coefficient (Wildman–Crippen LogP) is 4.93. The molecule has 8 nitrogen and oxygen atoms in total. The molecule has 0 saturated carbocycles. The second-order valence-electron chi connectivity index (χ2n) is 8.41. The molecule has 3 heterocycles. The monoisotopic (exact) mass is 449 g/mol. The van der Waals surface area contributed by atoms with Gasteiger partial charge < -0.3 is 9.64 Å². The van der Waals surface area contributed by atoms with Gasteiger partial charge in [0.1, 0.15) is 5.69 Å². The molecule has 1 fully saturated rings. The van der Waals surface area contributed by atoms with Crippen LogP contribution in [-0.4, -0.2) is 50.7 Å². The molecule has 8 heteroatoms. The van der Waals surface area contributed by atoms with Crippen molar-refractivity contribution in [1.82, 2.24) is 19.5 Å². The number of hydrogen-bond acceptors (Lipinski definition) is 5. The molecule has 1 N–H and O–H groups in total. The van der Waals surface area contributed by atoms with Gasteiger partial charge in [-0.05, 0) is 51.3 Å². The normalized spacial score (nSPS) is 16.5. The molecule has 1 unspecified atom stereocenters. The van der Waals surface area contributed by atoms with E-state index in [0.29, 0.717) is 23.6 Å². The molecule has 1 aromatic carbocycles. The lowest BCUT2D eigenvalue weighted by Gasteiger charge is -2.27. The summed E-state index contributed by atoms with van der Waals surface area (Å²) in [6.45, 7) is 7.04. The summed E-state index contributed by atoms with van der Waals surface area (Å²) in [5.74, 6) is -0.00116. The summed E-state index contributed by atoms with van der Waals surface area (Å²) in [6, 6.07) is 11.4. The van der Waals surface area contributed by atoms with Gasteiger partial charge in [-0.25, -0.2) is 14.3 Å². The van der Waals surface area contributed by atoms with E-state index in [4.69, 9.17) is 9.84 Å². The quantitative estimate of drug-likeness (QED) is 0.596. The van der Waals surface area contributed by atoms with E-state index in [9.17, 15) is 9.59 Å². The van der Waals surface area contributed by atoms with Crippen molar-refractivity contribution < 1.29 is 14.3 Å². The minimum atomic E-state index is -0.481. The molecule has 1 atom stereocenters. The number of aryl methyl sites for hydroxylation is 1. The van der Waals surface area contributed by atoms with Crippen LogP contribution in [0.25, 0.3) is 16.9 Å². The third kappa shape index (κ3) is 4.99. The lowest BCUT2D eigenvalue weighted by molar-refractivity contribution is 0.0691. The highest BCUT2D eigenvalue weighted by Crippen LogP contribution is 2.24. The molecule has 33 heavy (non-hydrogen) atoms. The first-order chi connectivity index (χ1) is 16.0. The Labute approximate surface area is 193 Å². The number of anilines is 1. The van der Waals surface area contributed by atoms with Gasteiger partial charge in [0.15, 0.2) is 5.65 Å². The Balaban J connectivity index is 1.62. The highest BCUT2D eigenvalue weighted by molar-refractivity contribution is 5.93. The van der Waals surface area contributed by atoms with E-state index in [-0.39, 0.29) is 11.9 Å². The SMILES string of the molecule is CCOC(=O)Nc1ccc(-c2cc3nc(C(=O)N4CCCCCC4C)cc(CC)n3n2)cc1. The Kier molecular flexibility index (Phi) is 6.91. The second kappa shape index (κ2) is 10.0. The number of carbonyl (C=O) groups is 2. The molecular formula is C25H31N5O3. The number of nitrogens with zero attached hydrogens (tertiary/aromatic N) is 4. The van der Waals surface area contributed by atoms with Crippen molar-refractivity contribution in [2.75, 3.05) is 18.5 Å². The Morgan fingerprint density at radius 1 is 1.12 bits per heavy atom. The zero-order valence-electron chi connectivity index (χ0n) is 19.5. The van der Waals surface area contributed by atoms with Gasteiger partial charge in [0.2, 0.25) is 0 Å². The maximum atomic E-state index is 13.3. The number of aromatic nitrogens is 3. The van der Waals surface area contributed by atoms with Crippen LogP contribution in [0.3, 0.4) is 0 Å². The van der Waals surface area contributed by atoms with Crippen LogP contribution < -0.4 is 5.32 Å². The summed E-state index contributed by atoms with van der Waals surface area (Å²) in [7, 11) is 0. The molecule has 0 spiro atoms. The van der Waals surface area contributed by atoms with Crippen LogP contribution in [-0.2, 0) is 11.2 Å². The number of hydrogen-bond donors (Lipinski definition) is 1. The molecule has 2 amide bonds. The molecule has 4 rings (SSSR count). The summed E-state index contributed by atoms with van der Waals surface area (Å²) >= 11 is 0. The van der Waals surface area contributed by atoms with E-state index < -0.39 is 6.09 Å². The van der Waals surface area contributed by atoms with Gasteiger partial charge in [-0.2, -0.15) is 5.10 Å². The van der Waals surface area contributed by atoms with Crippen molar-refractivity contribution in [2.45, 2.75) is 58.9 Å². The topological polar surface area (TPSA) is 88.8 Å². The molecule has 3 aromatic rings. The van der Waals surface area contributed by atoms with Crippen LogP contribution in [0.15, 0.2) is 36.4 Å². The molecule has 1 saturated heterocycles. The fraction of sp³-hybridized carbons (Fsp3) is 0.440. The highest BCUT2D eigenvalue weighted by atomic mass is 16.5. The van der Waals surface area contributed by atoms with Crippen LogP contribution in [0, 0.1) is 0 Å². The van der Waals surface area contributed by atoms with Crippen LogP contribution >= 0.6 is 0 Å². The molecule has 0 aliphatic carbocycles. The maximum absolute atomic E-state index is 13.3. The van der Waals surface area contributed by atoms with Gasteiger partial charge in [0.25, 0.3) is 5.91 Å². The Hall–Kier alpha value is -3.42. The molecule has 174 valence electrons. The van der Waals surface area contributed by atoms with Gasteiger partial charge in [-0.1, -0.05) is 31.9 Å². The number of fused-ring (bicyclic) bond motifs is 1. The Bertz CT molecular complexity index is 1140. The first-order valence-corrected chi connectivity index (χ1v) is 11.7. The molecular weight excluding hydrogens is 418 g/mol. The smallest absolute Gasteiger partial charge is 0.411 e. The standard InChI is InChI=1S/C25H31N5O3/c1-4-20-15-22(24(31)29-14-8-6-7-9-17(29)3)27-23-16-21(28-30(20)23)18-10-12-19(13-11-18)26-25(32)33-5-2/h10-13,15-17H,4-9,14H2,1-3H3,(H,26,32). The largest absolute Gasteiger partial charge is 0.450 e. The average Bonchev–Trinajstić information content (AvgIpc) is 3.13. The van der Waals surface area contributed by atoms with E-state index in [1.807, 2.05) is 33.7 Å². The van der Waals surface area contributed by atoms with Crippen LogP contribution in [0.2, 0.25) is 0 Å². The average molecular weight is 450 g/mol. The third-order valence-electron chi connectivity index (χ3n) is 6.10. The number of carbonyl (C=O) groups excluding carboxylic acids is 2. The minimum absolute atomic E-state index is 0.00116. The first-order valence-electron chi connectivity index (χ1n) is 11.7. The summed E-state index contributed by atoms with van der Waals surface area (Å²) in [5.41, 5.74) is 4.38. The molecule has 0 radical (unpaired) electrons. The van der Waals surface area contributed by atoms with Gasteiger partial charge >= 0.3 is 6.09 Å². The lowest BCUT2D eigenvalue weighted by atomic mass is 10.1. The Morgan fingerprint density at radius 2 is 1.91 bits per heavy atom. The van der Waals surface area contributed by atoms with Crippen molar-refractivity contribution in [1.29, 1.82) is 0 Å². The van der Waals surface area contributed by atoms with E-state index in [1.54, 1.807) is 19.1 Å².